The number of thiophene rings is 1. The fourth-order valence-corrected chi connectivity index (χ4v) is 3.79. The standard InChI is InChI=1S/C13H18F3NS/c1-17-12(11-3-2-8-18-11)9-4-6-10(7-5-9)13(14,15)16/h2-3,8-10,12,17H,4-7H2,1H3. The number of rotatable bonds is 3. The number of hydrogen-bond donors (Lipinski definition) is 1. The third kappa shape index (κ3) is 3.06. The molecule has 1 aliphatic carbocycles. The zero-order valence-corrected chi connectivity index (χ0v) is 11.2. The van der Waals surface area contributed by atoms with E-state index in [0.29, 0.717) is 18.8 Å². The average Bonchev–Trinajstić information content (AvgIpc) is 2.83. The zero-order chi connectivity index (χ0) is 13.2. The Morgan fingerprint density at radius 3 is 2.39 bits per heavy atom. The van der Waals surface area contributed by atoms with E-state index in [2.05, 4.69) is 11.4 Å². The molecule has 102 valence electrons. The lowest BCUT2D eigenvalue weighted by atomic mass is 9.78. The van der Waals surface area contributed by atoms with Gasteiger partial charge in [0.15, 0.2) is 0 Å². The maximum Gasteiger partial charge on any atom is 0.391 e. The predicted molar refractivity (Wildman–Crippen MR) is 67.6 cm³/mol. The first-order valence-electron chi connectivity index (χ1n) is 6.29. The molecule has 0 bridgehead atoms. The molecule has 5 heteroatoms. The van der Waals surface area contributed by atoms with Crippen LogP contribution in [0.25, 0.3) is 0 Å². The first-order chi connectivity index (χ1) is 8.52. The summed E-state index contributed by atoms with van der Waals surface area (Å²) >= 11 is 1.67. The van der Waals surface area contributed by atoms with Gasteiger partial charge in [0, 0.05) is 10.9 Å². The topological polar surface area (TPSA) is 12.0 Å². The zero-order valence-electron chi connectivity index (χ0n) is 10.3. The van der Waals surface area contributed by atoms with Crippen molar-refractivity contribution < 1.29 is 13.2 Å². The Kier molecular flexibility index (Phi) is 4.33. The van der Waals surface area contributed by atoms with Gasteiger partial charge in [-0.15, -0.1) is 11.3 Å². The van der Waals surface area contributed by atoms with Gasteiger partial charge in [-0.05, 0) is 50.1 Å². The number of alkyl halides is 3. The molecule has 0 aliphatic heterocycles. The maximum atomic E-state index is 12.6. The van der Waals surface area contributed by atoms with E-state index >= 15 is 0 Å². The van der Waals surface area contributed by atoms with E-state index < -0.39 is 12.1 Å². The molecule has 1 fully saturated rings. The van der Waals surface area contributed by atoms with Crippen LogP contribution in [-0.4, -0.2) is 13.2 Å². The summed E-state index contributed by atoms with van der Waals surface area (Å²) in [5.74, 6) is -0.762. The monoisotopic (exact) mass is 277 g/mol. The molecule has 1 unspecified atom stereocenters. The van der Waals surface area contributed by atoms with Crippen molar-refractivity contribution >= 4 is 11.3 Å². The first-order valence-corrected chi connectivity index (χ1v) is 7.17. The Hall–Kier alpha value is -0.550. The van der Waals surface area contributed by atoms with Crippen molar-refractivity contribution in [1.82, 2.24) is 5.32 Å². The number of nitrogens with one attached hydrogen (secondary N) is 1. The van der Waals surface area contributed by atoms with Crippen molar-refractivity contribution in [2.75, 3.05) is 7.05 Å². The largest absolute Gasteiger partial charge is 0.391 e. The fourth-order valence-electron chi connectivity index (χ4n) is 2.86. The second-order valence-electron chi connectivity index (χ2n) is 4.94. The minimum Gasteiger partial charge on any atom is -0.312 e. The first kappa shape index (κ1) is 13.9. The van der Waals surface area contributed by atoms with Crippen molar-refractivity contribution in [3.63, 3.8) is 0 Å². The van der Waals surface area contributed by atoms with Crippen molar-refractivity contribution in [2.24, 2.45) is 11.8 Å². The van der Waals surface area contributed by atoms with E-state index in [1.165, 1.54) is 4.88 Å². The molecule has 1 aromatic heterocycles. The Bertz CT molecular complexity index is 353. The highest BCUT2D eigenvalue weighted by Crippen LogP contribution is 2.43. The van der Waals surface area contributed by atoms with E-state index in [-0.39, 0.29) is 18.9 Å². The van der Waals surface area contributed by atoms with Gasteiger partial charge >= 0.3 is 6.18 Å². The highest BCUT2D eigenvalue weighted by atomic mass is 32.1. The summed E-state index contributed by atoms with van der Waals surface area (Å²) < 4.78 is 37.8. The van der Waals surface area contributed by atoms with E-state index in [1.54, 1.807) is 11.3 Å². The predicted octanol–water partition coefficient (Wildman–Crippen LogP) is 4.38. The summed E-state index contributed by atoms with van der Waals surface area (Å²) in [5, 5.41) is 5.27. The summed E-state index contributed by atoms with van der Waals surface area (Å²) in [6.45, 7) is 0. The molecular formula is C13H18F3NS. The molecule has 1 atom stereocenters. The average molecular weight is 277 g/mol. The van der Waals surface area contributed by atoms with Crippen LogP contribution in [-0.2, 0) is 0 Å². The van der Waals surface area contributed by atoms with E-state index in [9.17, 15) is 13.2 Å². The molecule has 2 rings (SSSR count). The molecule has 0 radical (unpaired) electrons. The lowest BCUT2D eigenvalue weighted by molar-refractivity contribution is -0.184. The maximum absolute atomic E-state index is 12.6. The van der Waals surface area contributed by atoms with E-state index in [0.717, 1.165) is 0 Å². The van der Waals surface area contributed by atoms with E-state index in [4.69, 9.17) is 0 Å². The van der Waals surface area contributed by atoms with Gasteiger partial charge in [-0.2, -0.15) is 13.2 Å². The number of hydrogen-bond acceptors (Lipinski definition) is 2. The Morgan fingerprint density at radius 1 is 1.28 bits per heavy atom. The molecule has 0 saturated heterocycles. The van der Waals surface area contributed by atoms with E-state index in [1.807, 2.05) is 18.5 Å². The lowest BCUT2D eigenvalue weighted by Crippen LogP contribution is -2.32. The smallest absolute Gasteiger partial charge is 0.312 e. The van der Waals surface area contributed by atoms with Gasteiger partial charge in [0.1, 0.15) is 0 Å². The minimum atomic E-state index is -4.01. The van der Waals surface area contributed by atoms with Gasteiger partial charge in [0.25, 0.3) is 0 Å². The van der Waals surface area contributed by atoms with Gasteiger partial charge < -0.3 is 5.32 Å². The van der Waals surface area contributed by atoms with Crippen LogP contribution in [0.2, 0.25) is 0 Å². The number of halogens is 3. The molecule has 18 heavy (non-hydrogen) atoms. The quantitative estimate of drug-likeness (QED) is 0.864. The molecule has 1 saturated carbocycles. The van der Waals surface area contributed by atoms with Crippen LogP contribution < -0.4 is 5.32 Å². The molecular weight excluding hydrogens is 259 g/mol. The van der Waals surface area contributed by atoms with Crippen LogP contribution >= 0.6 is 11.3 Å². The highest BCUT2D eigenvalue weighted by molar-refractivity contribution is 7.10. The van der Waals surface area contributed by atoms with Gasteiger partial charge in [-0.1, -0.05) is 6.07 Å². The van der Waals surface area contributed by atoms with Crippen LogP contribution in [0.4, 0.5) is 13.2 Å². The molecule has 0 spiro atoms. The molecule has 1 heterocycles. The van der Waals surface area contributed by atoms with Crippen molar-refractivity contribution in [2.45, 2.75) is 37.9 Å². The lowest BCUT2D eigenvalue weighted by Gasteiger charge is -2.34. The van der Waals surface area contributed by atoms with Crippen LogP contribution in [0.15, 0.2) is 17.5 Å². The second-order valence-corrected chi connectivity index (χ2v) is 5.91. The minimum absolute atomic E-state index is 0.208. The summed E-state index contributed by atoms with van der Waals surface area (Å²) in [5.41, 5.74) is 0. The summed E-state index contributed by atoms with van der Waals surface area (Å²) in [4.78, 5) is 1.23. The molecule has 1 nitrogen and oxygen atoms in total. The van der Waals surface area contributed by atoms with Crippen molar-refractivity contribution in [3.05, 3.63) is 22.4 Å². The van der Waals surface area contributed by atoms with Crippen LogP contribution in [0.3, 0.4) is 0 Å². The Balaban J connectivity index is 1.96. The van der Waals surface area contributed by atoms with Crippen LogP contribution in [0, 0.1) is 11.8 Å². The Labute approximate surface area is 109 Å². The van der Waals surface area contributed by atoms with Crippen molar-refractivity contribution in [1.29, 1.82) is 0 Å². The van der Waals surface area contributed by atoms with Crippen molar-refractivity contribution in [3.8, 4) is 0 Å². The summed E-state index contributed by atoms with van der Waals surface area (Å²) in [6, 6.07) is 4.26. The normalized spacial score (nSPS) is 27.1. The highest BCUT2D eigenvalue weighted by Gasteiger charge is 2.42. The SMILES string of the molecule is CNC(c1cccs1)C1CCC(C(F)(F)F)CC1. The second kappa shape index (κ2) is 5.61. The fraction of sp³-hybridized carbons (Fsp3) is 0.692. The van der Waals surface area contributed by atoms with Crippen LogP contribution in [0.1, 0.15) is 36.6 Å². The van der Waals surface area contributed by atoms with Gasteiger partial charge in [0.2, 0.25) is 0 Å². The van der Waals surface area contributed by atoms with Crippen LogP contribution in [0.5, 0.6) is 0 Å². The summed E-state index contributed by atoms with van der Waals surface area (Å²) in [6.07, 6.45) is -2.14. The Morgan fingerprint density at radius 2 is 1.94 bits per heavy atom. The summed E-state index contributed by atoms with van der Waals surface area (Å²) in [7, 11) is 1.89. The van der Waals surface area contributed by atoms with Gasteiger partial charge in [-0.25, -0.2) is 0 Å². The molecule has 0 amide bonds. The van der Waals surface area contributed by atoms with Gasteiger partial charge in [0.05, 0.1) is 5.92 Å². The third-order valence-corrected chi connectivity index (χ3v) is 4.82. The molecule has 1 aromatic rings. The molecule has 0 aromatic carbocycles. The third-order valence-electron chi connectivity index (χ3n) is 3.87. The molecule has 1 aliphatic rings. The molecule has 1 N–H and O–H groups in total. The van der Waals surface area contributed by atoms with Gasteiger partial charge in [-0.3, -0.25) is 0 Å².